The van der Waals surface area contributed by atoms with Crippen LogP contribution in [0.5, 0.6) is 0 Å². The van der Waals surface area contributed by atoms with E-state index in [1.165, 1.54) is 32.1 Å². The summed E-state index contributed by atoms with van der Waals surface area (Å²) in [6, 6.07) is -1.93. The van der Waals surface area contributed by atoms with E-state index in [1.54, 1.807) is 18.7 Å². The van der Waals surface area contributed by atoms with Crippen LogP contribution in [0.4, 0.5) is 0 Å². The van der Waals surface area contributed by atoms with Gasteiger partial charge in [-0.15, -0.1) is 0 Å². The number of nitrogens with zero attached hydrogens (tertiary/aromatic N) is 1. The zero-order valence-corrected chi connectivity index (χ0v) is 19.2. The average Bonchev–Trinajstić information content (AvgIpc) is 3.38. The van der Waals surface area contributed by atoms with Gasteiger partial charge in [0.1, 0.15) is 12.1 Å². The molecule has 0 aromatic carbocycles. The van der Waals surface area contributed by atoms with Gasteiger partial charge in [0.2, 0.25) is 5.91 Å². The summed E-state index contributed by atoms with van der Waals surface area (Å²) in [6.45, 7) is 4.35. The Kier molecular flexibility index (Phi) is 8.36. The first kappa shape index (κ1) is 24.0. The van der Waals surface area contributed by atoms with Crippen LogP contribution < -0.4 is 5.32 Å². The van der Waals surface area contributed by atoms with Gasteiger partial charge in [0, 0.05) is 6.54 Å². The second-order valence-corrected chi connectivity index (χ2v) is 10.0. The molecule has 3 fully saturated rings. The molecule has 1 saturated heterocycles. The highest BCUT2D eigenvalue weighted by molar-refractivity contribution is 5.88. The molecule has 7 nitrogen and oxygen atoms in total. The van der Waals surface area contributed by atoms with Crippen molar-refractivity contribution in [3.05, 3.63) is 0 Å². The summed E-state index contributed by atoms with van der Waals surface area (Å²) in [5.41, 5.74) is -0.0417. The maximum Gasteiger partial charge on any atom is 0.326 e. The van der Waals surface area contributed by atoms with Crippen LogP contribution in [0, 0.1) is 11.3 Å². The largest absolute Gasteiger partial charge is 0.480 e. The van der Waals surface area contributed by atoms with Gasteiger partial charge in [-0.3, -0.25) is 14.9 Å². The summed E-state index contributed by atoms with van der Waals surface area (Å²) in [5, 5.41) is 12.9. The maximum absolute atomic E-state index is 13.3. The molecule has 2 N–H and O–H groups in total. The molecule has 1 heterocycles. The van der Waals surface area contributed by atoms with Gasteiger partial charge >= 0.3 is 11.9 Å². The Morgan fingerprint density at radius 1 is 1.13 bits per heavy atom. The summed E-state index contributed by atoms with van der Waals surface area (Å²) < 4.78 is 5.27. The minimum absolute atomic E-state index is 0.0417. The van der Waals surface area contributed by atoms with E-state index in [9.17, 15) is 19.5 Å². The molecule has 1 aliphatic heterocycles. The van der Waals surface area contributed by atoms with Gasteiger partial charge in [-0.25, -0.2) is 4.79 Å². The van der Waals surface area contributed by atoms with Crippen molar-refractivity contribution in [3.63, 3.8) is 0 Å². The van der Waals surface area contributed by atoms with Crippen LogP contribution in [0.1, 0.15) is 90.9 Å². The number of rotatable bonds is 9. The molecular weight excluding hydrogens is 396 g/mol. The zero-order chi connectivity index (χ0) is 22.4. The van der Waals surface area contributed by atoms with Gasteiger partial charge in [-0.05, 0) is 57.3 Å². The molecule has 1 spiro atoms. The van der Waals surface area contributed by atoms with Crippen LogP contribution >= 0.6 is 0 Å². The molecule has 1 amide bonds. The number of amides is 1. The Labute approximate surface area is 186 Å². The first-order chi connectivity index (χ1) is 14.8. The number of likely N-dealkylation sites (tertiary alicyclic amines) is 1. The van der Waals surface area contributed by atoms with Crippen molar-refractivity contribution in [2.45, 2.75) is 109 Å². The molecule has 3 aliphatic rings. The molecule has 2 unspecified atom stereocenters. The number of aliphatic carboxylic acids is 1. The number of hydrogen-bond donors (Lipinski definition) is 2. The molecule has 0 aromatic rings. The molecule has 3 atom stereocenters. The molecule has 31 heavy (non-hydrogen) atoms. The minimum atomic E-state index is -0.927. The van der Waals surface area contributed by atoms with E-state index in [1.807, 2.05) is 0 Å². The number of hydrogen-bond acceptors (Lipinski definition) is 5. The maximum atomic E-state index is 13.3. The van der Waals surface area contributed by atoms with Crippen LogP contribution in [0.2, 0.25) is 0 Å². The lowest BCUT2D eigenvalue weighted by Gasteiger charge is -2.29. The van der Waals surface area contributed by atoms with Crippen molar-refractivity contribution >= 4 is 17.8 Å². The lowest BCUT2D eigenvalue weighted by atomic mass is 9.84. The number of nitrogens with one attached hydrogen (secondary N) is 1. The van der Waals surface area contributed by atoms with Crippen molar-refractivity contribution in [1.82, 2.24) is 10.2 Å². The topological polar surface area (TPSA) is 95.9 Å². The van der Waals surface area contributed by atoms with E-state index >= 15 is 0 Å². The third kappa shape index (κ3) is 5.99. The third-order valence-electron chi connectivity index (χ3n) is 7.72. The number of carbonyl (C=O) groups is 3. The van der Waals surface area contributed by atoms with E-state index < -0.39 is 24.1 Å². The standard InChI is InChI=1S/C24H40N2O5/c1-3-31-23(30)19(12-11-18-9-5-4-6-10-18)25-17(2)21(27)26-16-24(13-7-8-14-24)15-20(26)22(28)29/h17-20,25H,3-16H2,1-2H3,(H,28,29)/t17-,19?,20?/m0/s1. The first-order valence-electron chi connectivity index (χ1n) is 12.3. The molecule has 3 rings (SSSR count). The predicted molar refractivity (Wildman–Crippen MR) is 117 cm³/mol. The first-order valence-corrected chi connectivity index (χ1v) is 12.3. The minimum Gasteiger partial charge on any atom is -0.480 e. The van der Waals surface area contributed by atoms with Crippen LogP contribution in [0.3, 0.4) is 0 Å². The van der Waals surface area contributed by atoms with E-state index in [0.717, 1.165) is 32.1 Å². The van der Waals surface area contributed by atoms with Crippen LogP contribution in [0.25, 0.3) is 0 Å². The second-order valence-electron chi connectivity index (χ2n) is 10.0. The van der Waals surface area contributed by atoms with E-state index in [-0.39, 0.29) is 17.3 Å². The summed E-state index contributed by atoms with van der Waals surface area (Å²) in [5.74, 6) is -0.830. The summed E-state index contributed by atoms with van der Waals surface area (Å²) >= 11 is 0. The highest BCUT2D eigenvalue weighted by Gasteiger charge is 2.50. The fraction of sp³-hybridized carbons (Fsp3) is 0.875. The normalized spacial score (nSPS) is 25.5. The Morgan fingerprint density at radius 2 is 1.81 bits per heavy atom. The van der Waals surface area contributed by atoms with Crippen molar-refractivity contribution in [3.8, 4) is 0 Å². The Balaban J connectivity index is 1.63. The van der Waals surface area contributed by atoms with Gasteiger partial charge in [0.25, 0.3) is 0 Å². The molecule has 176 valence electrons. The van der Waals surface area contributed by atoms with E-state index in [4.69, 9.17) is 4.74 Å². The smallest absolute Gasteiger partial charge is 0.326 e. The number of carbonyl (C=O) groups excluding carboxylic acids is 2. The van der Waals surface area contributed by atoms with Gasteiger partial charge in [-0.1, -0.05) is 44.9 Å². The molecule has 2 aliphatic carbocycles. The highest BCUT2D eigenvalue weighted by Crippen LogP contribution is 2.48. The van der Waals surface area contributed by atoms with Crippen LogP contribution in [-0.4, -0.2) is 59.1 Å². The number of carboxylic acid groups (broad SMARTS) is 1. The Bertz CT molecular complexity index is 640. The molecule has 0 radical (unpaired) electrons. The fourth-order valence-electron chi connectivity index (χ4n) is 6.01. The second kappa shape index (κ2) is 10.8. The average molecular weight is 437 g/mol. The molecule has 0 aromatic heterocycles. The number of carboxylic acids is 1. The summed E-state index contributed by atoms with van der Waals surface area (Å²) in [7, 11) is 0. The zero-order valence-electron chi connectivity index (χ0n) is 19.2. The Hall–Kier alpha value is -1.63. The van der Waals surface area contributed by atoms with Crippen LogP contribution in [-0.2, 0) is 19.1 Å². The molecular formula is C24H40N2O5. The molecule has 7 heteroatoms. The Morgan fingerprint density at radius 3 is 2.42 bits per heavy atom. The fourth-order valence-corrected chi connectivity index (χ4v) is 6.01. The number of esters is 1. The number of ether oxygens (including phenoxy) is 1. The highest BCUT2D eigenvalue weighted by atomic mass is 16.5. The SMILES string of the molecule is CCOC(=O)C(CCC1CCCCC1)N[C@@H](C)C(=O)N1CC2(CCCC2)CC1C(=O)O. The predicted octanol–water partition coefficient (Wildman–Crippen LogP) is 3.50. The van der Waals surface area contributed by atoms with E-state index in [2.05, 4.69) is 5.32 Å². The lowest BCUT2D eigenvalue weighted by Crippen LogP contribution is -2.53. The molecule has 2 saturated carbocycles. The molecule has 0 bridgehead atoms. The van der Waals surface area contributed by atoms with Gasteiger partial charge in [0.05, 0.1) is 12.6 Å². The van der Waals surface area contributed by atoms with Gasteiger partial charge in [-0.2, -0.15) is 0 Å². The quantitative estimate of drug-likeness (QED) is 0.537. The summed E-state index contributed by atoms with van der Waals surface area (Å²) in [6.07, 6.45) is 12.6. The van der Waals surface area contributed by atoms with Crippen molar-refractivity contribution in [1.29, 1.82) is 0 Å². The third-order valence-corrected chi connectivity index (χ3v) is 7.72. The van der Waals surface area contributed by atoms with Crippen molar-refractivity contribution in [2.24, 2.45) is 11.3 Å². The van der Waals surface area contributed by atoms with Gasteiger partial charge in [0.15, 0.2) is 0 Å². The van der Waals surface area contributed by atoms with Crippen molar-refractivity contribution < 1.29 is 24.2 Å². The van der Waals surface area contributed by atoms with Crippen molar-refractivity contribution in [2.75, 3.05) is 13.2 Å². The monoisotopic (exact) mass is 436 g/mol. The van der Waals surface area contributed by atoms with Gasteiger partial charge < -0.3 is 14.7 Å². The lowest BCUT2D eigenvalue weighted by molar-refractivity contribution is -0.150. The summed E-state index contributed by atoms with van der Waals surface area (Å²) in [4.78, 5) is 39.3. The van der Waals surface area contributed by atoms with Crippen LogP contribution in [0.15, 0.2) is 0 Å². The van der Waals surface area contributed by atoms with E-state index in [0.29, 0.717) is 31.9 Å².